The zero-order valence-corrected chi connectivity index (χ0v) is 9.18. The molecule has 0 unspecified atom stereocenters. The SMILES string of the molecule is CC#CCN1CCO[C@@H](CNCC)C1. The van der Waals surface area contributed by atoms with Crippen molar-refractivity contribution < 1.29 is 4.74 Å². The van der Waals surface area contributed by atoms with Gasteiger partial charge in [-0.25, -0.2) is 0 Å². The lowest BCUT2D eigenvalue weighted by molar-refractivity contribution is -0.0222. The van der Waals surface area contributed by atoms with Gasteiger partial charge >= 0.3 is 0 Å². The summed E-state index contributed by atoms with van der Waals surface area (Å²) in [6, 6.07) is 0. The molecule has 0 aliphatic carbocycles. The first-order valence-electron chi connectivity index (χ1n) is 5.31. The third kappa shape index (κ3) is 4.10. The van der Waals surface area contributed by atoms with E-state index < -0.39 is 0 Å². The van der Waals surface area contributed by atoms with Gasteiger partial charge < -0.3 is 10.1 Å². The van der Waals surface area contributed by atoms with Crippen molar-refractivity contribution in [3.8, 4) is 11.8 Å². The molecule has 1 rings (SSSR count). The fraction of sp³-hybridized carbons (Fsp3) is 0.818. The lowest BCUT2D eigenvalue weighted by atomic mass is 10.2. The summed E-state index contributed by atoms with van der Waals surface area (Å²) < 4.78 is 5.64. The zero-order valence-electron chi connectivity index (χ0n) is 9.18. The van der Waals surface area contributed by atoms with E-state index in [1.807, 2.05) is 6.92 Å². The molecule has 1 atom stereocenters. The number of hydrogen-bond acceptors (Lipinski definition) is 3. The average molecular weight is 196 g/mol. The minimum atomic E-state index is 0.336. The molecular formula is C11H20N2O. The Morgan fingerprint density at radius 1 is 1.57 bits per heavy atom. The highest BCUT2D eigenvalue weighted by Gasteiger charge is 2.18. The molecule has 0 aromatic carbocycles. The standard InChI is InChI=1S/C11H20N2O/c1-3-5-6-13-7-8-14-11(10-13)9-12-4-2/h11-12H,4,6-10H2,1-2H3/t11-/m0/s1. The topological polar surface area (TPSA) is 24.5 Å². The molecule has 0 spiro atoms. The van der Waals surface area contributed by atoms with E-state index in [1.165, 1.54) is 0 Å². The van der Waals surface area contributed by atoms with Crippen molar-refractivity contribution in [2.75, 3.05) is 39.3 Å². The third-order valence-corrected chi connectivity index (χ3v) is 2.32. The van der Waals surface area contributed by atoms with Crippen LogP contribution >= 0.6 is 0 Å². The minimum absolute atomic E-state index is 0.336. The Balaban J connectivity index is 2.23. The monoisotopic (exact) mass is 196 g/mol. The van der Waals surface area contributed by atoms with Crippen LogP contribution in [0.15, 0.2) is 0 Å². The normalized spacial score (nSPS) is 22.9. The molecule has 0 amide bonds. The molecule has 1 fully saturated rings. The van der Waals surface area contributed by atoms with Gasteiger partial charge in [-0.3, -0.25) is 4.90 Å². The lowest BCUT2D eigenvalue weighted by Crippen LogP contribution is -2.46. The summed E-state index contributed by atoms with van der Waals surface area (Å²) in [7, 11) is 0. The summed E-state index contributed by atoms with van der Waals surface area (Å²) in [5.74, 6) is 6.02. The van der Waals surface area contributed by atoms with E-state index in [1.54, 1.807) is 0 Å². The van der Waals surface area contributed by atoms with E-state index in [2.05, 4.69) is 29.0 Å². The number of nitrogens with one attached hydrogen (secondary N) is 1. The molecule has 0 aromatic heterocycles. The second kappa shape index (κ2) is 6.83. The summed E-state index contributed by atoms with van der Waals surface area (Å²) in [6.07, 6.45) is 0.336. The van der Waals surface area contributed by atoms with Gasteiger partial charge in [-0.1, -0.05) is 12.8 Å². The van der Waals surface area contributed by atoms with Crippen LogP contribution in [0.2, 0.25) is 0 Å². The van der Waals surface area contributed by atoms with E-state index >= 15 is 0 Å². The van der Waals surface area contributed by atoms with E-state index in [0.717, 1.165) is 39.3 Å². The molecular weight excluding hydrogens is 176 g/mol. The fourth-order valence-electron chi connectivity index (χ4n) is 1.54. The maximum absolute atomic E-state index is 5.64. The fourth-order valence-corrected chi connectivity index (χ4v) is 1.54. The van der Waals surface area contributed by atoms with Gasteiger partial charge in [-0.15, -0.1) is 5.92 Å². The van der Waals surface area contributed by atoms with Crippen LogP contribution in [0, 0.1) is 11.8 Å². The predicted octanol–water partition coefficient (Wildman–Crippen LogP) is 0.320. The molecule has 1 aliphatic rings. The summed E-state index contributed by atoms with van der Waals surface area (Å²) in [5.41, 5.74) is 0. The van der Waals surface area contributed by atoms with Crippen molar-refractivity contribution in [1.29, 1.82) is 0 Å². The molecule has 0 aromatic rings. The predicted molar refractivity (Wildman–Crippen MR) is 58.2 cm³/mol. The zero-order chi connectivity index (χ0) is 10.2. The van der Waals surface area contributed by atoms with Crippen LogP contribution < -0.4 is 5.32 Å². The van der Waals surface area contributed by atoms with Gasteiger partial charge in [0, 0.05) is 19.6 Å². The molecule has 14 heavy (non-hydrogen) atoms. The Morgan fingerprint density at radius 2 is 2.43 bits per heavy atom. The molecule has 1 N–H and O–H groups in total. The summed E-state index contributed by atoms with van der Waals surface area (Å²) in [5, 5.41) is 3.31. The average Bonchev–Trinajstić information content (AvgIpc) is 2.24. The Morgan fingerprint density at radius 3 is 3.14 bits per heavy atom. The van der Waals surface area contributed by atoms with Crippen LogP contribution in [-0.4, -0.2) is 50.3 Å². The molecule has 3 nitrogen and oxygen atoms in total. The maximum Gasteiger partial charge on any atom is 0.0827 e. The molecule has 80 valence electrons. The van der Waals surface area contributed by atoms with Crippen LogP contribution in [0.25, 0.3) is 0 Å². The van der Waals surface area contributed by atoms with Gasteiger partial charge in [-0.2, -0.15) is 0 Å². The van der Waals surface area contributed by atoms with Crippen LogP contribution in [0.1, 0.15) is 13.8 Å². The third-order valence-electron chi connectivity index (χ3n) is 2.32. The van der Waals surface area contributed by atoms with Gasteiger partial charge in [0.15, 0.2) is 0 Å². The number of morpholine rings is 1. The van der Waals surface area contributed by atoms with Crippen LogP contribution in [-0.2, 0) is 4.74 Å². The van der Waals surface area contributed by atoms with Gasteiger partial charge in [0.25, 0.3) is 0 Å². The van der Waals surface area contributed by atoms with Gasteiger partial charge in [0.05, 0.1) is 19.3 Å². The molecule has 0 radical (unpaired) electrons. The lowest BCUT2D eigenvalue weighted by Gasteiger charge is -2.31. The number of likely N-dealkylation sites (N-methyl/N-ethyl adjacent to an activating group) is 1. The van der Waals surface area contributed by atoms with E-state index in [9.17, 15) is 0 Å². The van der Waals surface area contributed by atoms with Gasteiger partial charge in [0.1, 0.15) is 0 Å². The van der Waals surface area contributed by atoms with E-state index in [0.29, 0.717) is 6.10 Å². The largest absolute Gasteiger partial charge is 0.374 e. The van der Waals surface area contributed by atoms with Gasteiger partial charge in [-0.05, 0) is 13.5 Å². The molecule has 0 saturated carbocycles. The Labute approximate surface area is 86.8 Å². The minimum Gasteiger partial charge on any atom is -0.374 e. The first-order valence-corrected chi connectivity index (χ1v) is 5.31. The van der Waals surface area contributed by atoms with E-state index in [4.69, 9.17) is 4.74 Å². The van der Waals surface area contributed by atoms with Crippen molar-refractivity contribution in [1.82, 2.24) is 10.2 Å². The Kier molecular flexibility index (Phi) is 5.62. The smallest absolute Gasteiger partial charge is 0.0827 e. The Hall–Kier alpha value is -0.560. The van der Waals surface area contributed by atoms with Crippen molar-refractivity contribution in [2.24, 2.45) is 0 Å². The molecule has 1 saturated heterocycles. The first-order chi connectivity index (χ1) is 6.86. The summed E-state index contributed by atoms with van der Waals surface area (Å²) in [6.45, 7) is 9.68. The molecule has 0 bridgehead atoms. The maximum atomic E-state index is 5.64. The second-order valence-corrected chi connectivity index (χ2v) is 3.46. The number of ether oxygens (including phenoxy) is 1. The number of hydrogen-bond donors (Lipinski definition) is 1. The van der Waals surface area contributed by atoms with Crippen molar-refractivity contribution in [3.63, 3.8) is 0 Å². The molecule has 3 heteroatoms. The van der Waals surface area contributed by atoms with E-state index in [-0.39, 0.29) is 0 Å². The van der Waals surface area contributed by atoms with Crippen LogP contribution in [0.3, 0.4) is 0 Å². The molecule has 1 aliphatic heterocycles. The summed E-state index contributed by atoms with van der Waals surface area (Å²) >= 11 is 0. The van der Waals surface area contributed by atoms with Crippen LogP contribution in [0.4, 0.5) is 0 Å². The highest BCUT2D eigenvalue weighted by atomic mass is 16.5. The van der Waals surface area contributed by atoms with Crippen molar-refractivity contribution in [2.45, 2.75) is 20.0 Å². The van der Waals surface area contributed by atoms with Crippen LogP contribution in [0.5, 0.6) is 0 Å². The highest BCUT2D eigenvalue weighted by molar-refractivity contribution is 4.98. The van der Waals surface area contributed by atoms with Gasteiger partial charge in [0.2, 0.25) is 0 Å². The van der Waals surface area contributed by atoms with Crippen molar-refractivity contribution in [3.05, 3.63) is 0 Å². The first kappa shape index (κ1) is 11.5. The summed E-state index contributed by atoms with van der Waals surface area (Å²) in [4.78, 5) is 2.35. The Bertz CT molecular complexity index is 207. The number of nitrogens with zero attached hydrogens (tertiary/aromatic N) is 1. The number of rotatable bonds is 4. The second-order valence-electron chi connectivity index (χ2n) is 3.46. The highest BCUT2D eigenvalue weighted by Crippen LogP contribution is 2.03. The molecule has 1 heterocycles. The van der Waals surface area contributed by atoms with Crippen molar-refractivity contribution >= 4 is 0 Å². The quantitative estimate of drug-likeness (QED) is 0.655.